The molecule has 1 amide bonds. The number of ether oxygens (including phenoxy) is 1. The summed E-state index contributed by atoms with van der Waals surface area (Å²) in [6.07, 6.45) is 2.47. The standard InChI is InChI=1S/C20H29NO4/c1-20(2,3)16-5-4-6-17(13-16)25-12-11-21-18(22)14-7-9-15(10-8-14)19(23)24/h4-6,13-15H,7-12H2,1-3H3,(H,21,22)(H,23,24). The molecule has 0 aliphatic heterocycles. The van der Waals surface area contributed by atoms with E-state index in [1.165, 1.54) is 5.56 Å². The van der Waals surface area contributed by atoms with Gasteiger partial charge in [0.05, 0.1) is 12.5 Å². The average molecular weight is 347 g/mol. The van der Waals surface area contributed by atoms with Crippen LogP contribution >= 0.6 is 0 Å². The van der Waals surface area contributed by atoms with E-state index in [9.17, 15) is 9.59 Å². The molecule has 25 heavy (non-hydrogen) atoms. The number of hydrogen-bond donors (Lipinski definition) is 2. The van der Waals surface area contributed by atoms with E-state index in [-0.39, 0.29) is 23.2 Å². The molecule has 0 unspecified atom stereocenters. The summed E-state index contributed by atoms with van der Waals surface area (Å²) in [5, 5.41) is 11.9. The molecule has 0 saturated heterocycles. The third-order valence-corrected chi connectivity index (χ3v) is 4.82. The molecular formula is C20H29NO4. The van der Waals surface area contributed by atoms with Gasteiger partial charge in [-0.3, -0.25) is 9.59 Å². The van der Waals surface area contributed by atoms with Crippen LogP contribution in [0.25, 0.3) is 0 Å². The van der Waals surface area contributed by atoms with Gasteiger partial charge in [0.1, 0.15) is 12.4 Å². The summed E-state index contributed by atoms with van der Waals surface area (Å²) in [7, 11) is 0. The zero-order valence-electron chi connectivity index (χ0n) is 15.4. The van der Waals surface area contributed by atoms with Crippen molar-refractivity contribution in [2.45, 2.75) is 51.9 Å². The van der Waals surface area contributed by atoms with Gasteiger partial charge in [-0.1, -0.05) is 32.9 Å². The number of carbonyl (C=O) groups is 2. The minimum atomic E-state index is -0.746. The first kappa shape index (κ1) is 19.3. The molecule has 1 aliphatic carbocycles. The van der Waals surface area contributed by atoms with Crippen molar-refractivity contribution < 1.29 is 19.4 Å². The molecule has 1 saturated carbocycles. The molecule has 1 aromatic rings. The summed E-state index contributed by atoms with van der Waals surface area (Å²) in [6.45, 7) is 7.35. The molecule has 2 rings (SSSR count). The molecule has 0 spiro atoms. The lowest BCUT2D eigenvalue weighted by Gasteiger charge is -2.25. The van der Waals surface area contributed by atoms with Crippen LogP contribution in [0.5, 0.6) is 5.75 Å². The number of hydrogen-bond acceptors (Lipinski definition) is 3. The maximum atomic E-state index is 12.2. The van der Waals surface area contributed by atoms with Gasteiger partial charge in [0.2, 0.25) is 5.91 Å². The highest BCUT2D eigenvalue weighted by atomic mass is 16.5. The van der Waals surface area contributed by atoms with Gasteiger partial charge in [0, 0.05) is 5.92 Å². The van der Waals surface area contributed by atoms with Crippen LogP contribution in [-0.2, 0) is 15.0 Å². The second-order valence-electron chi connectivity index (χ2n) is 7.80. The Morgan fingerprint density at radius 3 is 2.40 bits per heavy atom. The van der Waals surface area contributed by atoms with Gasteiger partial charge in [-0.2, -0.15) is 0 Å². The van der Waals surface area contributed by atoms with Crippen LogP contribution < -0.4 is 10.1 Å². The summed E-state index contributed by atoms with van der Waals surface area (Å²) in [6, 6.07) is 8.02. The van der Waals surface area contributed by atoms with E-state index in [1.807, 2.05) is 18.2 Å². The summed E-state index contributed by atoms with van der Waals surface area (Å²) >= 11 is 0. The molecule has 0 radical (unpaired) electrons. The van der Waals surface area contributed by atoms with Crippen molar-refractivity contribution in [2.24, 2.45) is 11.8 Å². The first-order chi connectivity index (χ1) is 11.8. The van der Waals surface area contributed by atoms with Crippen LogP contribution in [-0.4, -0.2) is 30.1 Å². The van der Waals surface area contributed by atoms with Crippen LogP contribution in [0.15, 0.2) is 24.3 Å². The lowest BCUT2D eigenvalue weighted by atomic mass is 9.81. The Hall–Kier alpha value is -2.04. The Kier molecular flexibility index (Phi) is 6.45. The zero-order chi connectivity index (χ0) is 18.4. The van der Waals surface area contributed by atoms with Gasteiger partial charge in [-0.05, 0) is 48.8 Å². The van der Waals surface area contributed by atoms with Crippen molar-refractivity contribution in [3.63, 3.8) is 0 Å². The Morgan fingerprint density at radius 1 is 1.16 bits per heavy atom. The molecule has 1 aliphatic rings. The van der Waals surface area contributed by atoms with Gasteiger partial charge in [0.15, 0.2) is 0 Å². The predicted octanol–water partition coefficient (Wildman–Crippen LogP) is 3.37. The SMILES string of the molecule is CC(C)(C)c1cccc(OCCNC(=O)C2CCC(C(=O)O)CC2)c1. The lowest BCUT2D eigenvalue weighted by Crippen LogP contribution is -2.36. The summed E-state index contributed by atoms with van der Waals surface area (Å²) in [5.74, 6) is -0.286. The fourth-order valence-corrected chi connectivity index (χ4v) is 3.14. The summed E-state index contributed by atoms with van der Waals surface area (Å²) in [4.78, 5) is 23.1. The first-order valence-electron chi connectivity index (χ1n) is 9.01. The second kappa shape index (κ2) is 8.37. The fourth-order valence-electron chi connectivity index (χ4n) is 3.14. The summed E-state index contributed by atoms with van der Waals surface area (Å²) < 4.78 is 5.74. The topological polar surface area (TPSA) is 75.6 Å². The molecule has 0 heterocycles. The molecular weight excluding hydrogens is 318 g/mol. The predicted molar refractivity (Wildman–Crippen MR) is 96.7 cm³/mol. The van der Waals surface area contributed by atoms with E-state index in [1.54, 1.807) is 0 Å². The number of carboxylic acid groups (broad SMARTS) is 1. The third kappa shape index (κ3) is 5.76. The van der Waals surface area contributed by atoms with E-state index in [2.05, 4.69) is 32.2 Å². The number of carboxylic acids is 1. The number of aliphatic carboxylic acids is 1. The Bertz CT molecular complexity index is 598. The molecule has 5 heteroatoms. The van der Waals surface area contributed by atoms with Gasteiger partial charge < -0.3 is 15.2 Å². The van der Waals surface area contributed by atoms with Crippen LogP contribution in [0, 0.1) is 11.8 Å². The van der Waals surface area contributed by atoms with Gasteiger partial charge >= 0.3 is 5.97 Å². The number of nitrogens with one attached hydrogen (secondary N) is 1. The van der Waals surface area contributed by atoms with Crippen molar-refractivity contribution in [3.05, 3.63) is 29.8 Å². The van der Waals surface area contributed by atoms with E-state index in [4.69, 9.17) is 9.84 Å². The molecule has 5 nitrogen and oxygen atoms in total. The molecule has 138 valence electrons. The highest BCUT2D eigenvalue weighted by Gasteiger charge is 2.29. The number of amides is 1. The molecule has 0 aromatic heterocycles. The van der Waals surface area contributed by atoms with Crippen molar-refractivity contribution in [1.29, 1.82) is 0 Å². The lowest BCUT2D eigenvalue weighted by molar-refractivity contribution is -0.144. The fraction of sp³-hybridized carbons (Fsp3) is 0.600. The molecule has 1 aromatic carbocycles. The first-order valence-corrected chi connectivity index (χ1v) is 9.01. The van der Waals surface area contributed by atoms with E-state index < -0.39 is 5.97 Å². The van der Waals surface area contributed by atoms with Crippen molar-refractivity contribution >= 4 is 11.9 Å². The van der Waals surface area contributed by atoms with Crippen LogP contribution in [0.1, 0.15) is 52.0 Å². The van der Waals surface area contributed by atoms with Gasteiger partial charge in [-0.25, -0.2) is 0 Å². The minimum Gasteiger partial charge on any atom is -0.492 e. The molecule has 1 fully saturated rings. The minimum absolute atomic E-state index is 0.0101. The largest absolute Gasteiger partial charge is 0.492 e. The normalized spacial score (nSPS) is 20.8. The maximum absolute atomic E-state index is 12.2. The van der Waals surface area contributed by atoms with Crippen molar-refractivity contribution in [2.75, 3.05) is 13.2 Å². The van der Waals surface area contributed by atoms with E-state index in [0.29, 0.717) is 38.8 Å². The Balaban J connectivity index is 1.71. The highest BCUT2D eigenvalue weighted by Crippen LogP contribution is 2.29. The average Bonchev–Trinajstić information content (AvgIpc) is 2.58. The second-order valence-corrected chi connectivity index (χ2v) is 7.80. The van der Waals surface area contributed by atoms with Crippen LogP contribution in [0.3, 0.4) is 0 Å². The van der Waals surface area contributed by atoms with Crippen LogP contribution in [0.4, 0.5) is 0 Å². The highest BCUT2D eigenvalue weighted by molar-refractivity contribution is 5.79. The quantitative estimate of drug-likeness (QED) is 0.774. The van der Waals surface area contributed by atoms with Crippen LogP contribution in [0.2, 0.25) is 0 Å². The van der Waals surface area contributed by atoms with Crippen molar-refractivity contribution in [1.82, 2.24) is 5.32 Å². The third-order valence-electron chi connectivity index (χ3n) is 4.82. The monoisotopic (exact) mass is 347 g/mol. The van der Waals surface area contributed by atoms with E-state index in [0.717, 1.165) is 5.75 Å². The molecule has 0 bridgehead atoms. The smallest absolute Gasteiger partial charge is 0.306 e. The van der Waals surface area contributed by atoms with E-state index >= 15 is 0 Å². The number of rotatable bonds is 6. The van der Waals surface area contributed by atoms with Gasteiger partial charge in [0.25, 0.3) is 0 Å². The maximum Gasteiger partial charge on any atom is 0.306 e. The molecule has 2 N–H and O–H groups in total. The zero-order valence-corrected chi connectivity index (χ0v) is 15.4. The number of carbonyl (C=O) groups excluding carboxylic acids is 1. The number of benzene rings is 1. The Morgan fingerprint density at radius 2 is 1.80 bits per heavy atom. The molecule has 0 atom stereocenters. The Labute approximate surface area is 149 Å². The van der Waals surface area contributed by atoms with Gasteiger partial charge in [-0.15, -0.1) is 0 Å². The summed E-state index contributed by atoms with van der Waals surface area (Å²) in [5.41, 5.74) is 1.28. The van der Waals surface area contributed by atoms with Crippen molar-refractivity contribution in [3.8, 4) is 5.75 Å².